The summed E-state index contributed by atoms with van der Waals surface area (Å²) in [6.07, 6.45) is -1.34. The Labute approximate surface area is 223 Å². The predicted molar refractivity (Wildman–Crippen MR) is 148 cm³/mol. The maximum absolute atomic E-state index is 13.7. The molecule has 1 unspecified atom stereocenters. The Hall–Kier alpha value is -3.04. The highest BCUT2D eigenvalue weighted by atomic mass is 32.2. The van der Waals surface area contributed by atoms with Crippen molar-refractivity contribution in [3.8, 4) is 0 Å². The van der Waals surface area contributed by atoms with Crippen LogP contribution in [-0.4, -0.2) is 62.1 Å². The maximum atomic E-state index is 13.7. The third-order valence-electron chi connectivity index (χ3n) is 6.44. The lowest BCUT2D eigenvalue weighted by Crippen LogP contribution is -2.60. The van der Waals surface area contributed by atoms with Gasteiger partial charge in [0.05, 0.1) is 11.9 Å². The lowest BCUT2D eigenvalue weighted by molar-refractivity contribution is -0.147. The fourth-order valence-electron chi connectivity index (χ4n) is 4.45. The molecule has 37 heavy (non-hydrogen) atoms. The Morgan fingerprint density at radius 2 is 1.78 bits per heavy atom. The van der Waals surface area contributed by atoms with Crippen LogP contribution in [0.3, 0.4) is 0 Å². The monoisotopic (exact) mass is 526 g/mol. The van der Waals surface area contributed by atoms with Gasteiger partial charge in [0, 0.05) is 21.5 Å². The van der Waals surface area contributed by atoms with Crippen LogP contribution < -0.4 is 16.4 Å². The molecule has 2 aromatic carbocycles. The molecule has 8 nitrogen and oxygen atoms in total. The van der Waals surface area contributed by atoms with Crippen molar-refractivity contribution in [1.29, 1.82) is 0 Å². The van der Waals surface area contributed by atoms with Gasteiger partial charge in [0.25, 0.3) is 11.8 Å². The van der Waals surface area contributed by atoms with Crippen LogP contribution in [0.2, 0.25) is 0 Å². The van der Waals surface area contributed by atoms with E-state index in [0.717, 1.165) is 5.56 Å². The summed E-state index contributed by atoms with van der Waals surface area (Å²) < 4.78 is -0.554. The first kappa shape index (κ1) is 28.5. The van der Waals surface area contributed by atoms with Crippen molar-refractivity contribution in [2.45, 2.75) is 76.4 Å². The topological polar surface area (TPSA) is 125 Å². The van der Waals surface area contributed by atoms with Crippen molar-refractivity contribution >= 4 is 35.2 Å². The van der Waals surface area contributed by atoms with Crippen LogP contribution in [0.5, 0.6) is 0 Å². The number of anilines is 1. The molecule has 9 heteroatoms. The predicted octanol–water partition coefficient (Wildman–Crippen LogP) is 2.87. The molecule has 1 aliphatic heterocycles. The van der Waals surface area contributed by atoms with E-state index in [-0.39, 0.29) is 18.2 Å². The minimum atomic E-state index is -1.56. The molecule has 200 valence electrons. The number of carbonyl (C=O) groups is 3. The quantitative estimate of drug-likeness (QED) is 0.411. The Morgan fingerprint density at radius 3 is 2.41 bits per heavy atom. The first-order valence-electron chi connectivity index (χ1n) is 12.4. The molecule has 1 fully saturated rings. The molecule has 3 rings (SSSR count). The van der Waals surface area contributed by atoms with Crippen LogP contribution in [-0.2, 0) is 16.0 Å². The summed E-state index contributed by atoms with van der Waals surface area (Å²) in [6.45, 7) is 11.2. The lowest BCUT2D eigenvalue weighted by atomic mass is 9.96. The van der Waals surface area contributed by atoms with Crippen LogP contribution in [0, 0.1) is 6.92 Å². The van der Waals surface area contributed by atoms with Gasteiger partial charge in [0.1, 0.15) is 6.04 Å². The van der Waals surface area contributed by atoms with E-state index in [1.165, 1.54) is 16.7 Å². The molecule has 0 bridgehead atoms. The summed E-state index contributed by atoms with van der Waals surface area (Å²) in [5, 5.41) is 17.2. The molecule has 3 atom stereocenters. The summed E-state index contributed by atoms with van der Waals surface area (Å²) in [6, 6.07) is 12.7. The molecule has 1 aliphatic rings. The molecule has 1 heterocycles. The van der Waals surface area contributed by atoms with E-state index in [1.54, 1.807) is 25.1 Å². The molecule has 0 spiro atoms. The summed E-state index contributed by atoms with van der Waals surface area (Å²) in [7, 11) is 0. The van der Waals surface area contributed by atoms with Gasteiger partial charge in [-0.2, -0.15) is 0 Å². The molecule has 0 saturated carbocycles. The zero-order valence-corrected chi connectivity index (χ0v) is 23.2. The SMILES string of the molecule is Cc1c(N)cccc1C(=O)N[C@@H](Cc1ccccc1)[C@H](O)C(=O)N1CSC(C)(C)C1C(=O)NC(C)(C)C. The number of amides is 3. The Kier molecular flexibility index (Phi) is 8.59. The van der Waals surface area contributed by atoms with Gasteiger partial charge in [0.15, 0.2) is 6.10 Å². The average molecular weight is 527 g/mol. The molecule has 1 saturated heterocycles. The number of aliphatic hydroxyl groups is 1. The molecule has 0 aromatic heterocycles. The third-order valence-corrected chi connectivity index (χ3v) is 7.82. The van der Waals surface area contributed by atoms with E-state index in [0.29, 0.717) is 16.8 Å². The molecule has 5 N–H and O–H groups in total. The zero-order valence-electron chi connectivity index (χ0n) is 22.4. The van der Waals surface area contributed by atoms with Gasteiger partial charge in [-0.1, -0.05) is 36.4 Å². The largest absolute Gasteiger partial charge is 0.398 e. The molecule has 2 aromatic rings. The van der Waals surface area contributed by atoms with Crippen LogP contribution in [0.4, 0.5) is 5.69 Å². The van der Waals surface area contributed by atoms with Gasteiger partial charge < -0.3 is 26.4 Å². The van der Waals surface area contributed by atoms with Gasteiger partial charge in [-0.25, -0.2) is 0 Å². The highest BCUT2D eigenvalue weighted by Crippen LogP contribution is 2.40. The second-order valence-electron chi connectivity index (χ2n) is 11.1. The molecule has 0 aliphatic carbocycles. The van der Waals surface area contributed by atoms with Crippen LogP contribution in [0.25, 0.3) is 0 Å². The fourth-order valence-corrected chi connectivity index (χ4v) is 5.59. The molecular weight excluding hydrogens is 488 g/mol. The number of hydrogen-bond acceptors (Lipinski definition) is 6. The summed E-state index contributed by atoms with van der Waals surface area (Å²) in [4.78, 5) is 41.6. The average Bonchev–Trinajstić information content (AvgIpc) is 3.14. The highest BCUT2D eigenvalue weighted by molar-refractivity contribution is 8.00. The van der Waals surface area contributed by atoms with E-state index >= 15 is 0 Å². The summed E-state index contributed by atoms with van der Waals surface area (Å²) in [5.41, 5.74) is 7.83. The van der Waals surface area contributed by atoms with E-state index in [1.807, 2.05) is 65.0 Å². The summed E-state index contributed by atoms with van der Waals surface area (Å²) in [5.74, 6) is -1.05. The van der Waals surface area contributed by atoms with Crippen molar-refractivity contribution in [3.63, 3.8) is 0 Å². The number of hydrogen-bond donors (Lipinski definition) is 4. The van der Waals surface area contributed by atoms with Crippen molar-refractivity contribution in [2.75, 3.05) is 11.6 Å². The Morgan fingerprint density at radius 1 is 1.14 bits per heavy atom. The Bertz CT molecular complexity index is 1150. The summed E-state index contributed by atoms with van der Waals surface area (Å²) >= 11 is 1.48. The van der Waals surface area contributed by atoms with Crippen LogP contribution in [0.1, 0.15) is 56.1 Å². The van der Waals surface area contributed by atoms with Gasteiger partial charge >= 0.3 is 0 Å². The standard InChI is InChI=1S/C28H38N4O4S/c1-17-19(13-10-14-20(17)29)24(34)30-21(15-18-11-8-7-9-12-18)22(33)26(36)32-16-37-28(5,6)23(32)25(35)31-27(2,3)4/h7-14,21-23,33H,15-16,29H2,1-6H3,(H,30,34)(H,31,35)/t21-,22-,23?/m0/s1. The Balaban J connectivity index is 1.89. The van der Waals surface area contributed by atoms with E-state index in [9.17, 15) is 19.5 Å². The van der Waals surface area contributed by atoms with Gasteiger partial charge in [-0.05, 0) is 71.2 Å². The minimum absolute atomic E-state index is 0.226. The number of thioether (sulfide) groups is 1. The van der Waals surface area contributed by atoms with E-state index in [2.05, 4.69) is 10.6 Å². The smallest absolute Gasteiger partial charge is 0.254 e. The fraction of sp³-hybridized carbons (Fsp3) is 0.464. The number of nitrogens with zero attached hydrogens (tertiary/aromatic N) is 1. The van der Waals surface area contributed by atoms with Crippen molar-refractivity contribution < 1.29 is 19.5 Å². The van der Waals surface area contributed by atoms with E-state index in [4.69, 9.17) is 5.73 Å². The number of nitrogen functional groups attached to an aromatic ring is 1. The van der Waals surface area contributed by atoms with Crippen molar-refractivity contribution in [3.05, 3.63) is 65.2 Å². The number of nitrogens with two attached hydrogens (primary N) is 1. The molecular formula is C28H38N4O4S. The zero-order chi connectivity index (χ0) is 27.5. The van der Waals surface area contributed by atoms with E-state index < -0.39 is 40.3 Å². The van der Waals surface area contributed by atoms with Gasteiger partial charge in [-0.3, -0.25) is 14.4 Å². The number of aliphatic hydroxyl groups excluding tert-OH is 1. The van der Waals surface area contributed by atoms with Crippen molar-refractivity contribution in [2.24, 2.45) is 0 Å². The number of benzene rings is 2. The van der Waals surface area contributed by atoms with Crippen molar-refractivity contribution in [1.82, 2.24) is 15.5 Å². The van der Waals surface area contributed by atoms with Crippen LogP contribution >= 0.6 is 11.8 Å². The third kappa shape index (κ3) is 6.84. The number of nitrogens with one attached hydrogen (secondary N) is 2. The number of rotatable bonds is 7. The lowest BCUT2D eigenvalue weighted by Gasteiger charge is -2.35. The van der Waals surface area contributed by atoms with Crippen LogP contribution in [0.15, 0.2) is 48.5 Å². The maximum Gasteiger partial charge on any atom is 0.254 e. The first-order valence-corrected chi connectivity index (χ1v) is 13.3. The number of carbonyl (C=O) groups excluding carboxylic acids is 3. The normalized spacial score (nSPS) is 18.7. The van der Waals surface area contributed by atoms with Gasteiger partial charge in [0.2, 0.25) is 5.91 Å². The van der Waals surface area contributed by atoms with Gasteiger partial charge in [-0.15, -0.1) is 11.8 Å². The second kappa shape index (κ2) is 11.1. The second-order valence-corrected chi connectivity index (χ2v) is 12.7. The highest BCUT2D eigenvalue weighted by Gasteiger charge is 2.50. The molecule has 0 radical (unpaired) electrons. The molecule has 3 amide bonds. The first-order chi connectivity index (χ1) is 17.2. The minimum Gasteiger partial charge on any atom is -0.398 e.